The first-order valence-electron chi connectivity index (χ1n) is 8.70. The van der Waals surface area contributed by atoms with E-state index in [9.17, 15) is 18.4 Å². The summed E-state index contributed by atoms with van der Waals surface area (Å²) in [5.74, 6) is -0.0810. The van der Waals surface area contributed by atoms with Crippen molar-refractivity contribution in [2.75, 3.05) is 0 Å². The summed E-state index contributed by atoms with van der Waals surface area (Å²) in [7, 11) is 0. The van der Waals surface area contributed by atoms with Gasteiger partial charge in [0.2, 0.25) is 5.88 Å². The zero-order valence-electron chi connectivity index (χ0n) is 14.9. The van der Waals surface area contributed by atoms with E-state index in [4.69, 9.17) is 4.74 Å². The van der Waals surface area contributed by atoms with Gasteiger partial charge in [0.1, 0.15) is 17.4 Å². The second-order valence-electron chi connectivity index (χ2n) is 6.32. The molecule has 0 radical (unpaired) electrons. The number of aromatic nitrogens is 1. The second-order valence-corrected chi connectivity index (χ2v) is 6.32. The van der Waals surface area contributed by atoms with E-state index in [-0.39, 0.29) is 11.6 Å². The molecule has 0 unspecified atom stereocenters. The molecule has 0 amide bonds. The molecule has 0 spiro atoms. The number of rotatable bonds is 3. The van der Waals surface area contributed by atoms with E-state index in [1.165, 1.54) is 0 Å². The second kappa shape index (κ2) is 7.28. The molecule has 3 nitrogen and oxygen atoms in total. The molecular formula is C23H13F3N2O. The van der Waals surface area contributed by atoms with E-state index in [0.29, 0.717) is 11.3 Å². The molecule has 4 rings (SSSR count). The van der Waals surface area contributed by atoms with Crippen molar-refractivity contribution in [3.05, 3.63) is 90.0 Å². The fourth-order valence-corrected chi connectivity index (χ4v) is 3.03. The molecule has 142 valence electrons. The van der Waals surface area contributed by atoms with Gasteiger partial charge in [-0.1, -0.05) is 60.7 Å². The van der Waals surface area contributed by atoms with Crippen LogP contribution in [0.4, 0.5) is 13.2 Å². The summed E-state index contributed by atoms with van der Waals surface area (Å²) >= 11 is 0. The van der Waals surface area contributed by atoms with Gasteiger partial charge in [-0.15, -0.1) is 0 Å². The lowest BCUT2D eigenvalue weighted by Gasteiger charge is -2.15. The summed E-state index contributed by atoms with van der Waals surface area (Å²) in [6, 6.07) is 23.6. The third-order valence-electron chi connectivity index (χ3n) is 4.41. The van der Waals surface area contributed by atoms with Gasteiger partial charge >= 0.3 is 6.18 Å². The lowest BCUT2D eigenvalue weighted by Crippen LogP contribution is -2.10. The van der Waals surface area contributed by atoms with Gasteiger partial charge in [0.25, 0.3) is 0 Å². The predicted octanol–water partition coefficient (Wildman–Crippen LogP) is 6.58. The molecule has 0 aliphatic heterocycles. The first kappa shape index (κ1) is 18.5. The highest BCUT2D eigenvalue weighted by Crippen LogP contribution is 2.39. The van der Waals surface area contributed by atoms with Crippen molar-refractivity contribution in [3.8, 4) is 29.0 Å². The van der Waals surface area contributed by atoms with E-state index in [0.717, 1.165) is 16.8 Å². The Hall–Kier alpha value is -3.85. The van der Waals surface area contributed by atoms with Gasteiger partial charge in [0.15, 0.2) is 0 Å². The number of pyridine rings is 1. The molecule has 6 heteroatoms. The molecule has 0 aliphatic rings. The molecular weight excluding hydrogens is 377 g/mol. The van der Waals surface area contributed by atoms with Gasteiger partial charge in [-0.05, 0) is 29.0 Å². The summed E-state index contributed by atoms with van der Waals surface area (Å²) in [5, 5.41) is 11.2. The summed E-state index contributed by atoms with van der Waals surface area (Å²) in [5.41, 5.74) is -1.16. The smallest absolute Gasteiger partial charge is 0.417 e. The number of fused-ring (bicyclic) bond motifs is 1. The van der Waals surface area contributed by atoms with Crippen LogP contribution in [-0.4, -0.2) is 4.98 Å². The number of hydrogen-bond donors (Lipinski definition) is 0. The quantitative estimate of drug-likeness (QED) is 0.397. The summed E-state index contributed by atoms with van der Waals surface area (Å²) < 4.78 is 46.5. The Labute approximate surface area is 164 Å². The Kier molecular flexibility index (Phi) is 4.65. The molecule has 0 bridgehead atoms. The number of nitrogens with zero attached hydrogens (tertiary/aromatic N) is 2. The van der Waals surface area contributed by atoms with E-state index in [1.807, 2.05) is 24.3 Å². The Balaban J connectivity index is 1.87. The maximum absolute atomic E-state index is 13.6. The van der Waals surface area contributed by atoms with Crippen molar-refractivity contribution < 1.29 is 17.9 Å². The van der Waals surface area contributed by atoms with Crippen LogP contribution in [0, 0.1) is 11.3 Å². The molecule has 0 fully saturated rings. The third kappa shape index (κ3) is 3.76. The minimum absolute atomic E-state index is 0.0766. The molecule has 4 aromatic rings. The zero-order valence-corrected chi connectivity index (χ0v) is 14.9. The van der Waals surface area contributed by atoms with E-state index in [2.05, 4.69) is 4.98 Å². The average molecular weight is 390 g/mol. The normalized spacial score (nSPS) is 11.2. The molecule has 0 atom stereocenters. The van der Waals surface area contributed by atoms with Crippen LogP contribution in [0.1, 0.15) is 11.1 Å². The third-order valence-corrected chi connectivity index (χ3v) is 4.41. The molecule has 29 heavy (non-hydrogen) atoms. The maximum Gasteiger partial charge on any atom is 0.417 e. The van der Waals surface area contributed by atoms with Crippen molar-refractivity contribution in [2.24, 2.45) is 0 Å². The predicted molar refractivity (Wildman–Crippen MR) is 103 cm³/mol. The molecule has 1 heterocycles. The molecule has 0 saturated heterocycles. The van der Waals surface area contributed by atoms with Crippen molar-refractivity contribution in [2.45, 2.75) is 6.18 Å². The summed E-state index contributed by atoms with van der Waals surface area (Å²) in [6.07, 6.45) is -4.72. The minimum atomic E-state index is -4.72. The van der Waals surface area contributed by atoms with Crippen molar-refractivity contribution >= 4 is 10.8 Å². The maximum atomic E-state index is 13.6. The van der Waals surface area contributed by atoms with Crippen molar-refractivity contribution in [3.63, 3.8) is 0 Å². The first-order chi connectivity index (χ1) is 14.0. The molecule has 3 aromatic carbocycles. The van der Waals surface area contributed by atoms with Gasteiger partial charge < -0.3 is 4.74 Å². The first-order valence-corrected chi connectivity index (χ1v) is 8.70. The van der Waals surface area contributed by atoms with Gasteiger partial charge in [-0.2, -0.15) is 18.4 Å². The van der Waals surface area contributed by atoms with E-state index >= 15 is 0 Å². The Morgan fingerprint density at radius 3 is 2.21 bits per heavy atom. The van der Waals surface area contributed by atoms with E-state index < -0.39 is 17.3 Å². The Bertz CT molecular complexity index is 1230. The van der Waals surface area contributed by atoms with Crippen LogP contribution in [0.2, 0.25) is 0 Å². The van der Waals surface area contributed by atoms with Crippen LogP contribution in [0.5, 0.6) is 11.6 Å². The largest absolute Gasteiger partial charge is 0.438 e. The molecule has 1 aromatic heterocycles. The number of benzene rings is 3. The van der Waals surface area contributed by atoms with Gasteiger partial charge in [0, 0.05) is 5.56 Å². The average Bonchev–Trinajstić information content (AvgIpc) is 2.73. The van der Waals surface area contributed by atoms with Crippen molar-refractivity contribution in [1.82, 2.24) is 4.98 Å². The Morgan fingerprint density at radius 2 is 1.52 bits per heavy atom. The SMILES string of the molecule is N#Cc1c(C(F)(F)F)cc(-c2ccccc2)nc1Oc1ccc2ccccc2c1. The van der Waals surface area contributed by atoms with Gasteiger partial charge in [0.05, 0.1) is 11.3 Å². The van der Waals surface area contributed by atoms with Crippen LogP contribution in [0.25, 0.3) is 22.0 Å². The highest BCUT2D eigenvalue weighted by atomic mass is 19.4. The fourth-order valence-electron chi connectivity index (χ4n) is 3.03. The number of ether oxygens (including phenoxy) is 1. The van der Waals surface area contributed by atoms with Crippen LogP contribution in [-0.2, 0) is 6.18 Å². The Morgan fingerprint density at radius 1 is 0.828 bits per heavy atom. The van der Waals surface area contributed by atoms with Crippen LogP contribution in [0.3, 0.4) is 0 Å². The van der Waals surface area contributed by atoms with Gasteiger partial charge in [-0.25, -0.2) is 4.98 Å². The van der Waals surface area contributed by atoms with E-state index in [1.54, 1.807) is 54.6 Å². The highest BCUT2D eigenvalue weighted by Gasteiger charge is 2.36. The van der Waals surface area contributed by atoms with Crippen LogP contribution < -0.4 is 4.74 Å². The molecule has 0 aliphatic carbocycles. The minimum Gasteiger partial charge on any atom is -0.438 e. The fraction of sp³-hybridized carbons (Fsp3) is 0.0435. The van der Waals surface area contributed by atoms with Gasteiger partial charge in [-0.3, -0.25) is 0 Å². The molecule has 0 N–H and O–H groups in total. The molecule has 0 saturated carbocycles. The zero-order chi connectivity index (χ0) is 20.4. The number of halogens is 3. The number of hydrogen-bond acceptors (Lipinski definition) is 3. The summed E-state index contributed by atoms with van der Waals surface area (Å²) in [6.45, 7) is 0. The number of nitriles is 1. The summed E-state index contributed by atoms with van der Waals surface area (Å²) in [4.78, 5) is 4.22. The standard InChI is InChI=1S/C23H13F3N2O/c24-23(25,26)20-13-21(16-7-2-1-3-8-16)28-22(19(20)14-27)29-18-11-10-15-6-4-5-9-17(15)12-18/h1-13H. The highest BCUT2D eigenvalue weighted by molar-refractivity contribution is 5.83. The van der Waals surface area contributed by atoms with Crippen LogP contribution in [0.15, 0.2) is 78.9 Å². The van der Waals surface area contributed by atoms with Crippen LogP contribution >= 0.6 is 0 Å². The number of alkyl halides is 3. The lowest BCUT2D eigenvalue weighted by molar-refractivity contribution is -0.137. The van der Waals surface area contributed by atoms with Crippen molar-refractivity contribution in [1.29, 1.82) is 5.26 Å². The monoisotopic (exact) mass is 390 g/mol. The lowest BCUT2D eigenvalue weighted by atomic mass is 10.0. The topological polar surface area (TPSA) is 45.9 Å².